The van der Waals surface area contributed by atoms with Crippen LogP contribution in [-0.4, -0.2) is 5.11 Å². The first-order chi connectivity index (χ1) is 6.94. The van der Waals surface area contributed by atoms with Crippen LogP contribution in [0.25, 0.3) is 0 Å². The molecule has 0 atom stereocenters. The van der Waals surface area contributed by atoms with Crippen molar-refractivity contribution in [3.05, 3.63) is 33.8 Å². The fourth-order valence-electron chi connectivity index (χ4n) is 1.87. The summed E-state index contributed by atoms with van der Waals surface area (Å²) in [6.07, 6.45) is 1.45. The molecule has 0 heterocycles. The van der Waals surface area contributed by atoms with Crippen molar-refractivity contribution >= 4 is 11.6 Å². The summed E-state index contributed by atoms with van der Waals surface area (Å²) in [6, 6.07) is 3.98. The molecule has 1 rings (SSSR count). The Bertz CT molecular complexity index is 331. The number of hydrogen-bond acceptors (Lipinski definition) is 1. The van der Waals surface area contributed by atoms with Crippen molar-refractivity contribution in [2.75, 3.05) is 0 Å². The van der Waals surface area contributed by atoms with Crippen molar-refractivity contribution in [3.8, 4) is 0 Å². The second kappa shape index (κ2) is 4.54. The minimum Gasteiger partial charge on any atom is -0.385 e. The van der Waals surface area contributed by atoms with Gasteiger partial charge in [0.2, 0.25) is 0 Å². The van der Waals surface area contributed by atoms with Gasteiger partial charge in [-0.15, -0.1) is 0 Å². The molecule has 84 valence electrons. The number of benzene rings is 1. The minimum atomic E-state index is -0.708. The van der Waals surface area contributed by atoms with E-state index in [2.05, 4.69) is 0 Å². The molecular weight excluding hydrogens is 208 g/mol. The van der Waals surface area contributed by atoms with Gasteiger partial charge in [-0.3, -0.25) is 0 Å². The van der Waals surface area contributed by atoms with Crippen molar-refractivity contribution in [2.24, 2.45) is 0 Å². The zero-order chi connectivity index (χ0) is 11.6. The van der Waals surface area contributed by atoms with E-state index in [1.165, 1.54) is 0 Å². The van der Waals surface area contributed by atoms with Crippen LogP contribution >= 0.6 is 11.6 Å². The van der Waals surface area contributed by atoms with E-state index in [0.29, 0.717) is 0 Å². The highest BCUT2D eigenvalue weighted by Gasteiger charge is 2.25. The molecule has 1 aromatic rings. The predicted octanol–water partition coefficient (Wildman–Crippen LogP) is 3.96. The number of aliphatic hydroxyl groups is 1. The molecule has 0 radical (unpaired) electrons. The Hall–Kier alpha value is -0.530. The molecular formula is C13H19ClO. The maximum absolute atomic E-state index is 10.4. The van der Waals surface area contributed by atoms with E-state index in [1.54, 1.807) is 0 Å². The van der Waals surface area contributed by atoms with Gasteiger partial charge < -0.3 is 5.11 Å². The van der Waals surface area contributed by atoms with Gasteiger partial charge in [-0.1, -0.05) is 37.6 Å². The number of halogens is 1. The topological polar surface area (TPSA) is 20.2 Å². The number of aryl methyl sites for hydroxylation is 2. The van der Waals surface area contributed by atoms with Gasteiger partial charge in [0, 0.05) is 5.02 Å². The Balaban J connectivity index is 3.27. The Kier molecular flexibility index (Phi) is 3.80. The molecule has 1 aromatic carbocycles. The van der Waals surface area contributed by atoms with Crippen molar-refractivity contribution in [2.45, 2.75) is 46.1 Å². The summed E-state index contributed by atoms with van der Waals surface area (Å²) in [5.74, 6) is 0. The van der Waals surface area contributed by atoms with E-state index in [0.717, 1.165) is 34.6 Å². The van der Waals surface area contributed by atoms with Gasteiger partial charge >= 0.3 is 0 Å². The lowest BCUT2D eigenvalue weighted by Crippen LogP contribution is -2.23. The van der Waals surface area contributed by atoms with Gasteiger partial charge in [0.1, 0.15) is 0 Å². The third-order valence-corrected chi connectivity index (χ3v) is 3.74. The Labute approximate surface area is 97.1 Å². The summed E-state index contributed by atoms with van der Waals surface area (Å²) in [6.45, 7) is 7.96. The first-order valence-electron chi connectivity index (χ1n) is 5.44. The largest absolute Gasteiger partial charge is 0.385 e. The molecule has 1 nitrogen and oxygen atoms in total. The van der Waals surface area contributed by atoms with E-state index in [4.69, 9.17) is 11.6 Å². The zero-order valence-electron chi connectivity index (χ0n) is 9.89. The molecule has 0 amide bonds. The molecule has 0 aliphatic rings. The van der Waals surface area contributed by atoms with Crippen LogP contribution in [0.3, 0.4) is 0 Å². The molecule has 0 spiro atoms. The summed E-state index contributed by atoms with van der Waals surface area (Å²) >= 11 is 6.10. The molecule has 0 saturated heterocycles. The van der Waals surface area contributed by atoms with E-state index < -0.39 is 5.60 Å². The lowest BCUT2D eigenvalue weighted by Gasteiger charge is -2.27. The minimum absolute atomic E-state index is 0.708. The van der Waals surface area contributed by atoms with Crippen LogP contribution in [0.15, 0.2) is 12.1 Å². The molecule has 0 unspecified atom stereocenters. The summed E-state index contributed by atoms with van der Waals surface area (Å²) < 4.78 is 0. The zero-order valence-corrected chi connectivity index (χ0v) is 10.7. The van der Waals surface area contributed by atoms with Gasteiger partial charge in [0.05, 0.1) is 5.60 Å². The van der Waals surface area contributed by atoms with Gasteiger partial charge in [0.25, 0.3) is 0 Å². The highest BCUT2D eigenvalue weighted by atomic mass is 35.5. The average Bonchev–Trinajstić information content (AvgIpc) is 2.24. The highest BCUT2D eigenvalue weighted by Crippen LogP contribution is 2.32. The van der Waals surface area contributed by atoms with E-state index in [1.807, 2.05) is 39.8 Å². The number of hydrogen-bond donors (Lipinski definition) is 1. The summed E-state index contributed by atoms with van der Waals surface area (Å²) in [7, 11) is 0. The quantitative estimate of drug-likeness (QED) is 0.827. The van der Waals surface area contributed by atoms with Crippen LogP contribution in [-0.2, 0) is 5.60 Å². The van der Waals surface area contributed by atoms with Crippen molar-refractivity contribution in [1.29, 1.82) is 0 Å². The summed E-state index contributed by atoms with van der Waals surface area (Å²) in [5, 5.41) is 11.2. The van der Waals surface area contributed by atoms with Crippen molar-refractivity contribution < 1.29 is 5.11 Å². The van der Waals surface area contributed by atoms with Crippen molar-refractivity contribution in [3.63, 3.8) is 0 Å². The molecule has 0 bridgehead atoms. The fourth-order valence-corrected chi connectivity index (χ4v) is 1.98. The molecule has 0 aromatic heterocycles. The second-order valence-corrected chi connectivity index (χ2v) is 4.54. The van der Waals surface area contributed by atoms with Gasteiger partial charge in [-0.2, -0.15) is 0 Å². The predicted molar refractivity (Wildman–Crippen MR) is 65.4 cm³/mol. The lowest BCUT2D eigenvalue weighted by atomic mass is 9.87. The van der Waals surface area contributed by atoms with E-state index in [-0.39, 0.29) is 0 Å². The van der Waals surface area contributed by atoms with E-state index >= 15 is 0 Å². The van der Waals surface area contributed by atoms with E-state index in [9.17, 15) is 5.11 Å². The smallest absolute Gasteiger partial charge is 0.0891 e. The molecule has 0 aliphatic heterocycles. The lowest BCUT2D eigenvalue weighted by molar-refractivity contribution is 0.0283. The monoisotopic (exact) mass is 226 g/mol. The number of rotatable bonds is 3. The Morgan fingerprint density at radius 3 is 1.87 bits per heavy atom. The Morgan fingerprint density at radius 1 is 1.13 bits per heavy atom. The molecule has 1 N–H and O–H groups in total. The fraction of sp³-hybridized carbons (Fsp3) is 0.538. The van der Waals surface area contributed by atoms with Crippen LogP contribution in [0.5, 0.6) is 0 Å². The summed E-state index contributed by atoms with van der Waals surface area (Å²) in [5.41, 5.74) is 2.34. The standard InChI is InChI=1S/C13H19ClO/c1-5-13(15,6-2)11-7-9(3)12(14)10(4)8-11/h7-8,15H,5-6H2,1-4H3. The third kappa shape index (κ3) is 2.35. The van der Waals surface area contributed by atoms with Crippen LogP contribution in [0.2, 0.25) is 5.02 Å². The van der Waals surface area contributed by atoms with Gasteiger partial charge in [0.15, 0.2) is 0 Å². The highest BCUT2D eigenvalue weighted by molar-refractivity contribution is 6.32. The third-order valence-electron chi connectivity index (χ3n) is 3.14. The van der Waals surface area contributed by atoms with Crippen molar-refractivity contribution in [1.82, 2.24) is 0 Å². The molecule has 15 heavy (non-hydrogen) atoms. The summed E-state index contributed by atoms with van der Waals surface area (Å²) in [4.78, 5) is 0. The van der Waals surface area contributed by atoms with Crippen LogP contribution < -0.4 is 0 Å². The molecule has 0 saturated carbocycles. The maximum Gasteiger partial charge on any atom is 0.0891 e. The first kappa shape index (κ1) is 12.5. The van der Waals surface area contributed by atoms with Gasteiger partial charge in [-0.05, 0) is 43.4 Å². The average molecular weight is 227 g/mol. The SMILES string of the molecule is CCC(O)(CC)c1cc(C)c(Cl)c(C)c1. The maximum atomic E-state index is 10.4. The molecule has 2 heteroatoms. The molecule has 0 fully saturated rings. The van der Waals surface area contributed by atoms with Gasteiger partial charge in [-0.25, -0.2) is 0 Å². The second-order valence-electron chi connectivity index (χ2n) is 4.16. The van der Waals surface area contributed by atoms with Crippen LogP contribution in [0.1, 0.15) is 43.4 Å². The normalized spacial score (nSPS) is 11.9. The molecule has 0 aliphatic carbocycles. The van der Waals surface area contributed by atoms with Crippen LogP contribution in [0, 0.1) is 13.8 Å². The Morgan fingerprint density at radius 2 is 1.53 bits per heavy atom. The first-order valence-corrected chi connectivity index (χ1v) is 5.82. The van der Waals surface area contributed by atoms with Crippen LogP contribution in [0.4, 0.5) is 0 Å².